The Bertz CT molecular complexity index is 1100. The minimum absolute atomic E-state index is 0.0743. The summed E-state index contributed by atoms with van der Waals surface area (Å²) in [5.74, 6) is -0.880. The maximum atomic E-state index is 14.2. The highest BCUT2D eigenvalue weighted by Crippen LogP contribution is 2.38. The first-order valence-electron chi connectivity index (χ1n) is 12.7. The molecule has 2 aromatic carbocycles. The second kappa shape index (κ2) is 11.2. The number of benzene rings is 2. The van der Waals surface area contributed by atoms with Gasteiger partial charge in [-0.25, -0.2) is 4.79 Å². The number of nitrogens with zero attached hydrogens (tertiary/aromatic N) is 1. The van der Waals surface area contributed by atoms with Crippen LogP contribution in [0.25, 0.3) is 0 Å². The first kappa shape index (κ1) is 28.0. The average molecular weight is 510 g/mol. The molecule has 0 aliphatic heterocycles. The lowest BCUT2D eigenvalue weighted by Gasteiger charge is -2.36. The van der Waals surface area contributed by atoms with E-state index in [9.17, 15) is 19.5 Å². The van der Waals surface area contributed by atoms with E-state index < -0.39 is 41.1 Å². The van der Waals surface area contributed by atoms with Crippen LogP contribution < -0.4 is 10.6 Å². The molecule has 1 aliphatic rings. The van der Waals surface area contributed by atoms with Crippen molar-refractivity contribution in [2.24, 2.45) is 0 Å². The first-order chi connectivity index (χ1) is 17.2. The molecular formula is C29H39N3O5. The zero-order valence-electron chi connectivity index (χ0n) is 22.6. The van der Waals surface area contributed by atoms with Crippen molar-refractivity contribution in [1.29, 1.82) is 0 Å². The van der Waals surface area contributed by atoms with E-state index in [1.807, 2.05) is 51.1 Å². The second-order valence-corrected chi connectivity index (χ2v) is 11.6. The molecule has 0 spiro atoms. The summed E-state index contributed by atoms with van der Waals surface area (Å²) in [7, 11) is 0. The molecule has 200 valence electrons. The highest BCUT2D eigenvalue weighted by atomic mass is 16.6. The van der Waals surface area contributed by atoms with Gasteiger partial charge in [-0.05, 0) is 66.0 Å². The molecule has 8 nitrogen and oxygen atoms in total. The number of hydrogen-bond donors (Lipinski definition) is 3. The van der Waals surface area contributed by atoms with Gasteiger partial charge in [-0.1, -0.05) is 48.5 Å². The van der Waals surface area contributed by atoms with Gasteiger partial charge in [0, 0.05) is 23.6 Å². The number of amides is 3. The third-order valence-corrected chi connectivity index (χ3v) is 5.72. The summed E-state index contributed by atoms with van der Waals surface area (Å²) in [5.41, 5.74) is -0.118. The number of para-hydroxylation sites is 1. The molecule has 0 bridgehead atoms. The van der Waals surface area contributed by atoms with Gasteiger partial charge in [0.15, 0.2) is 0 Å². The van der Waals surface area contributed by atoms with Gasteiger partial charge in [0.2, 0.25) is 11.8 Å². The second-order valence-electron chi connectivity index (χ2n) is 11.6. The fraction of sp³-hybridized carbons (Fsp3) is 0.483. The fourth-order valence-corrected chi connectivity index (χ4v) is 4.12. The molecule has 3 amide bonds. The molecule has 0 aromatic heterocycles. The summed E-state index contributed by atoms with van der Waals surface area (Å²) in [5, 5.41) is 16.4. The molecular weight excluding hydrogens is 470 g/mol. The van der Waals surface area contributed by atoms with E-state index in [1.54, 1.807) is 39.0 Å². The third-order valence-electron chi connectivity index (χ3n) is 5.72. The summed E-state index contributed by atoms with van der Waals surface area (Å²) < 4.78 is 5.45. The standard InChI is InChI=1S/C29H39N3O5/c1-28(2,3)31-25(34)24(21-14-10-11-15-23(21)33)32(20-16-17-20)26(35)22(18-19-12-8-7-9-13-19)30-27(36)37-29(4,5)6/h7-15,20,22,24,33H,16-18H2,1-6H3,(H,30,36)(H,31,34). The van der Waals surface area contributed by atoms with Crippen LogP contribution in [0.3, 0.4) is 0 Å². The number of phenolic OH excluding ortho intramolecular Hbond substituents is 1. The quantitative estimate of drug-likeness (QED) is 0.487. The Balaban J connectivity index is 2.02. The fourth-order valence-electron chi connectivity index (χ4n) is 4.12. The largest absolute Gasteiger partial charge is 0.508 e. The van der Waals surface area contributed by atoms with Crippen LogP contribution in [0.5, 0.6) is 5.75 Å². The Morgan fingerprint density at radius 3 is 2.11 bits per heavy atom. The summed E-state index contributed by atoms with van der Waals surface area (Å²) in [6.45, 7) is 10.8. The number of alkyl carbamates (subject to hydrolysis) is 1. The number of aromatic hydroxyl groups is 1. The Hall–Kier alpha value is -3.55. The number of rotatable bonds is 8. The number of carbonyl (C=O) groups is 3. The monoisotopic (exact) mass is 509 g/mol. The number of hydrogen-bond acceptors (Lipinski definition) is 5. The number of ether oxygens (including phenoxy) is 1. The molecule has 0 saturated heterocycles. The zero-order valence-corrected chi connectivity index (χ0v) is 22.6. The molecule has 1 fully saturated rings. The van der Waals surface area contributed by atoms with Crippen molar-refractivity contribution < 1.29 is 24.2 Å². The van der Waals surface area contributed by atoms with Crippen LogP contribution in [-0.4, -0.2) is 51.1 Å². The normalized spacial score (nSPS) is 15.3. The van der Waals surface area contributed by atoms with Gasteiger partial charge in [-0.2, -0.15) is 0 Å². The molecule has 2 unspecified atom stereocenters. The van der Waals surface area contributed by atoms with Gasteiger partial charge in [0.25, 0.3) is 0 Å². The lowest BCUT2D eigenvalue weighted by Crippen LogP contribution is -2.55. The molecule has 3 N–H and O–H groups in total. The van der Waals surface area contributed by atoms with E-state index >= 15 is 0 Å². The zero-order chi connectivity index (χ0) is 27.4. The molecule has 2 aromatic rings. The van der Waals surface area contributed by atoms with Crippen LogP contribution in [0.1, 0.15) is 71.6 Å². The van der Waals surface area contributed by atoms with Gasteiger partial charge < -0.3 is 25.4 Å². The van der Waals surface area contributed by atoms with Crippen LogP contribution in [-0.2, 0) is 20.7 Å². The Kier molecular flexibility index (Phi) is 8.51. The molecule has 0 heterocycles. The van der Waals surface area contributed by atoms with Crippen LogP contribution in [0.4, 0.5) is 4.79 Å². The van der Waals surface area contributed by atoms with Gasteiger partial charge in [0.1, 0.15) is 23.4 Å². The summed E-state index contributed by atoms with van der Waals surface area (Å²) in [4.78, 5) is 42.2. The van der Waals surface area contributed by atoms with Crippen LogP contribution >= 0.6 is 0 Å². The molecule has 2 atom stereocenters. The van der Waals surface area contributed by atoms with Crippen molar-refractivity contribution in [1.82, 2.24) is 15.5 Å². The SMILES string of the molecule is CC(C)(C)NC(=O)C(c1ccccc1O)N(C(=O)C(Cc1ccccc1)NC(=O)OC(C)(C)C)C1CC1. The van der Waals surface area contributed by atoms with Crippen LogP contribution in [0, 0.1) is 0 Å². The van der Waals surface area contributed by atoms with E-state index in [0.717, 1.165) is 18.4 Å². The Morgan fingerprint density at radius 1 is 0.973 bits per heavy atom. The Morgan fingerprint density at radius 2 is 1.57 bits per heavy atom. The Labute approximate surface area is 219 Å². The highest BCUT2D eigenvalue weighted by molar-refractivity contribution is 5.93. The third kappa shape index (κ3) is 8.23. The number of nitrogens with one attached hydrogen (secondary N) is 2. The van der Waals surface area contributed by atoms with Gasteiger partial charge >= 0.3 is 6.09 Å². The number of phenols is 1. The van der Waals surface area contributed by atoms with Crippen molar-refractivity contribution in [3.8, 4) is 5.75 Å². The van der Waals surface area contributed by atoms with Gasteiger partial charge in [0.05, 0.1) is 0 Å². The number of carbonyl (C=O) groups excluding carboxylic acids is 3. The molecule has 3 rings (SSSR count). The minimum atomic E-state index is -1.07. The van der Waals surface area contributed by atoms with Gasteiger partial charge in [-0.15, -0.1) is 0 Å². The predicted molar refractivity (Wildman–Crippen MR) is 142 cm³/mol. The smallest absolute Gasteiger partial charge is 0.408 e. The van der Waals surface area contributed by atoms with E-state index in [1.165, 1.54) is 11.0 Å². The lowest BCUT2D eigenvalue weighted by atomic mass is 9.98. The summed E-state index contributed by atoms with van der Waals surface area (Å²) in [6, 6.07) is 13.7. The van der Waals surface area contributed by atoms with Crippen molar-refractivity contribution in [2.45, 2.75) is 90.1 Å². The van der Waals surface area contributed by atoms with Gasteiger partial charge in [-0.3, -0.25) is 9.59 Å². The van der Waals surface area contributed by atoms with Crippen molar-refractivity contribution >= 4 is 17.9 Å². The molecule has 37 heavy (non-hydrogen) atoms. The van der Waals surface area contributed by atoms with Crippen molar-refractivity contribution in [3.05, 3.63) is 65.7 Å². The maximum absolute atomic E-state index is 14.2. The van der Waals surface area contributed by atoms with E-state index in [-0.39, 0.29) is 18.2 Å². The topological polar surface area (TPSA) is 108 Å². The van der Waals surface area contributed by atoms with E-state index in [0.29, 0.717) is 5.56 Å². The molecule has 8 heteroatoms. The highest BCUT2D eigenvalue weighted by Gasteiger charge is 2.45. The lowest BCUT2D eigenvalue weighted by molar-refractivity contribution is -0.143. The van der Waals surface area contributed by atoms with Crippen LogP contribution in [0.15, 0.2) is 54.6 Å². The molecule has 0 radical (unpaired) electrons. The predicted octanol–water partition coefficient (Wildman–Crippen LogP) is 4.48. The van der Waals surface area contributed by atoms with E-state index in [2.05, 4.69) is 10.6 Å². The minimum Gasteiger partial charge on any atom is -0.508 e. The summed E-state index contributed by atoms with van der Waals surface area (Å²) >= 11 is 0. The van der Waals surface area contributed by atoms with E-state index in [4.69, 9.17) is 4.74 Å². The molecule has 1 saturated carbocycles. The van der Waals surface area contributed by atoms with Crippen molar-refractivity contribution in [2.75, 3.05) is 0 Å². The average Bonchev–Trinajstić information content (AvgIpc) is 3.60. The molecule has 1 aliphatic carbocycles. The first-order valence-corrected chi connectivity index (χ1v) is 12.7. The maximum Gasteiger partial charge on any atom is 0.408 e. The van der Waals surface area contributed by atoms with Crippen LogP contribution in [0.2, 0.25) is 0 Å². The van der Waals surface area contributed by atoms with Crippen molar-refractivity contribution in [3.63, 3.8) is 0 Å². The summed E-state index contributed by atoms with van der Waals surface area (Å²) in [6.07, 6.45) is 0.957.